The molecule has 7 nitrogen and oxygen atoms in total. The molecular formula is C10H12Cl4N6O. The summed E-state index contributed by atoms with van der Waals surface area (Å²) in [6.07, 6.45) is -1.44. The Kier molecular flexibility index (Phi) is 6.08. The van der Waals surface area contributed by atoms with Gasteiger partial charge in [-0.2, -0.15) is 20.2 Å². The molecule has 0 saturated heterocycles. The molecule has 1 aromatic rings. The van der Waals surface area contributed by atoms with Crippen molar-refractivity contribution < 1.29 is 5.11 Å². The molecule has 0 aromatic carbocycles. The van der Waals surface area contributed by atoms with Gasteiger partial charge in [0.2, 0.25) is 17.2 Å². The van der Waals surface area contributed by atoms with Crippen molar-refractivity contribution in [2.75, 3.05) is 16.5 Å². The number of hydrogen-bond acceptors (Lipinski definition) is 7. The van der Waals surface area contributed by atoms with Crippen molar-refractivity contribution in [1.29, 1.82) is 5.26 Å². The quantitative estimate of drug-likeness (QED) is 0.519. The van der Waals surface area contributed by atoms with E-state index in [1.807, 2.05) is 6.07 Å². The molecule has 0 aliphatic rings. The van der Waals surface area contributed by atoms with Gasteiger partial charge in [0.15, 0.2) is 10.6 Å². The van der Waals surface area contributed by atoms with Crippen LogP contribution in [0.25, 0.3) is 0 Å². The second kappa shape index (κ2) is 6.99. The Labute approximate surface area is 141 Å². The Hall–Kier alpha value is -0.780. The summed E-state index contributed by atoms with van der Waals surface area (Å²) in [5.41, 5.74) is -0.917. The third-order valence-corrected chi connectivity index (χ3v) is 3.70. The van der Waals surface area contributed by atoms with Crippen molar-refractivity contribution in [3.8, 4) is 6.07 Å². The molecule has 116 valence electrons. The molecule has 21 heavy (non-hydrogen) atoms. The van der Waals surface area contributed by atoms with Gasteiger partial charge in [0.1, 0.15) is 5.54 Å². The molecule has 0 aliphatic carbocycles. The summed E-state index contributed by atoms with van der Waals surface area (Å²) in [4.78, 5) is 11.5. The van der Waals surface area contributed by atoms with Gasteiger partial charge >= 0.3 is 0 Å². The average Bonchev–Trinajstić information content (AvgIpc) is 2.37. The van der Waals surface area contributed by atoms with E-state index in [1.54, 1.807) is 13.8 Å². The molecule has 1 heterocycles. The van der Waals surface area contributed by atoms with Crippen LogP contribution < -0.4 is 10.6 Å². The van der Waals surface area contributed by atoms with Crippen LogP contribution in [-0.2, 0) is 0 Å². The third-order valence-electron chi connectivity index (χ3n) is 2.16. The van der Waals surface area contributed by atoms with Gasteiger partial charge in [-0.25, -0.2) is 0 Å². The van der Waals surface area contributed by atoms with E-state index in [0.29, 0.717) is 0 Å². The molecule has 0 aliphatic heterocycles. The Morgan fingerprint density at radius 3 is 2.38 bits per heavy atom. The molecule has 1 aromatic heterocycles. The molecule has 0 spiro atoms. The average molecular weight is 374 g/mol. The van der Waals surface area contributed by atoms with E-state index in [4.69, 9.17) is 51.7 Å². The van der Waals surface area contributed by atoms with Crippen molar-refractivity contribution in [3.05, 3.63) is 5.28 Å². The lowest BCUT2D eigenvalue weighted by atomic mass is 10.1. The Balaban J connectivity index is 2.96. The van der Waals surface area contributed by atoms with Crippen LogP contribution in [0.2, 0.25) is 5.28 Å². The first-order valence-electron chi connectivity index (χ1n) is 5.59. The Morgan fingerprint density at radius 1 is 1.29 bits per heavy atom. The topological polar surface area (TPSA) is 107 Å². The summed E-state index contributed by atoms with van der Waals surface area (Å²) < 4.78 is -1.64. The van der Waals surface area contributed by atoms with Crippen LogP contribution in [0.15, 0.2) is 0 Å². The van der Waals surface area contributed by atoms with Crippen molar-refractivity contribution in [2.45, 2.75) is 29.9 Å². The Bertz CT molecular complexity index is 547. The molecular weight excluding hydrogens is 362 g/mol. The van der Waals surface area contributed by atoms with Crippen LogP contribution in [0.4, 0.5) is 11.9 Å². The van der Waals surface area contributed by atoms with E-state index >= 15 is 0 Å². The highest BCUT2D eigenvalue weighted by molar-refractivity contribution is 6.52. The zero-order chi connectivity index (χ0) is 16.3. The maximum absolute atomic E-state index is 9.82. The monoisotopic (exact) mass is 372 g/mol. The molecule has 0 bridgehead atoms. The maximum atomic E-state index is 9.82. The summed E-state index contributed by atoms with van der Waals surface area (Å²) in [7, 11) is 0. The predicted octanol–water partition coefficient (Wildman–Crippen LogP) is 2.38. The number of alkyl halides is 3. The zero-order valence-corrected chi connectivity index (χ0v) is 14.1. The number of nitrogens with zero attached hydrogens (tertiary/aromatic N) is 4. The largest absolute Gasteiger partial charge is 0.370 e. The van der Waals surface area contributed by atoms with Gasteiger partial charge in [-0.05, 0) is 25.4 Å². The molecule has 11 heteroatoms. The first-order chi connectivity index (χ1) is 9.59. The Morgan fingerprint density at radius 2 is 1.86 bits per heavy atom. The fraction of sp³-hybridized carbons (Fsp3) is 0.600. The third kappa shape index (κ3) is 5.49. The van der Waals surface area contributed by atoms with Gasteiger partial charge < -0.3 is 15.7 Å². The van der Waals surface area contributed by atoms with Gasteiger partial charge in [-0.1, -0.05) is 23.2 Å². The summed E-state index contributed by atoms with van der Waals surface area (Å²) in [6.45, 7) is 3.26. The second-order valence-corrected chi connectivity index (χ2v) is 6.70. The number of aliphatic hydroxyl groups is 1. The van der Waals surface area contributed by atoms with Crippen LogP contribution >= 0.6 is 46.4 Å². The van der Waals surface area contributed by atoms with Crippen LogP contribution in [0.3, 0.4) is 0 Å². The van der Waals surface area contributed by atoms with E-state index in [0.717, 1.165) is 0 Å². The van der Waals surface area contributed by atoms with Gasteiger partial charge in [-0.3, -0.25) is 0 Å². The van der Waals surface area contributed by atoms with Gasteiger partial charge in [0.25, 0.3) is 0 Å². The number of nitriles is 1. The van der Waals surface area contributed by atoms with E-state index < -0.39 is 16.1 Å². The summed E-state index contributed by atoms with van der Waals surface area (Å²) in [5, 5.41) is 23.8. The van der Waals surface area contributed by atoms with Crippen LogP contribution in [0.5, 0.6) is 0 Å². The highest BCUT2D eigenvalue weighted by Crippen LogP contribution is 2.27. The molecule has 1 atom stereocenters. The van der Waals surface area contributed by atoms with Gasteiger partial charge in [-0.15, -0.1) is 11.6 Å². The number of aromatic nitrogens is 3. The predicted molar refractivity (Wildman–Crippen MR) is 82.9 cm³/mol. The normalized spacial score (nSPS) is 13.4. The van der Waals surface area contributed by atoms with Crippen LogP contribution in [0, 0.1) is 11.3 Å². The standard InChI is InChI=1S/C10H12Cl4N6O/c1-9(2,4-15)20-8-18-6(12)17-7(19-8)16-5(21)10(13,14)3-11/h5,21H,3H2,1-2H3,(H2,16,17,18,19,20). The lowest BCUT2D eigenvalue weighted by Gasteiger charge is -2.24. The molecule has 0 amide bonds. The maximum Gasteiger partial charge on any atom is 0.230 e. The van der Waals surface area contributed by atoms with E-state index in [9.17, 15) is 5.11 Å². The molecule has 1 rings (SSSR count). The van der Waals surface area contributed by atoms with Crippen LogP contribution in [0.1, 0.15) is 13.8 Å². The summed E-state index contributed by atoms with van der Waals surface area (Å²) in [5.74, 6) is -0.248. The minimum absolute atomic E-state index is 0.0527. The van der Waals surface area contributed by atoms with Crippen molar-refractivity contribution >= 4 is 58.3 Å². The fourth-order valence-corrected chi connectivity index (χ4v) is 1.49. The number of halogens is 4. The molecule has 0 radical (unpaired) electrons. The van der Waals surface area contributed by atoms with E-state index in [1.165, 1.54) is 0 Å². The first kappa shape index (κ1) is 18.3. The molecule has 0 fully saturated rings. The first-order valence-corrected chi connectivity index (χ1v) is 7.26. The lowest BCUT2D eigenvalue weighted by molar-refractivity contribution is 0.190. The molecule has 0 saturated carbocycles. The van der Waals surface area contributed by atoms with Gasteiger partial charge in [0, 0.05) is 0 Å². The number of aliphatic hydroxyl groups excluding tert-OH is 1. The van der Waals surface area contributed by atoms with Crippen LogP contribution in [-0.4, -0.2) is 42.0 Å². The number of anilines is 2. The smallest absolute Gasteiger partial charge is 0.230 e. The van der Waals surface area contributed by atoms with Crippen molar-refractivity contribution in [1.82, 2.24) is 15.0 Å². The highest BCUT2D eigenvalue weighted by atomic mass is 35.5. The number of nitrogens with one attached hydrogen (secondary N) is 2. The zero-order valence-electron chi connectivity index (χ0n) is 11.0. The fourth-order valence-electron chi connectivity index (χ4n) is 1.08. The minimum atomic E-state index is -1.64. The van der Waals surface area contributed by atoms with Crippen molar-refractivity contribution in [3.63, 3.8) is 0 Å². The van der Waals surface area contributed by atoms with Crippen molar-refractivity contribution in [2.24, 2.45) is 0 Å². The summed E-state index contributed by atoms with van der Waals surface area (Å²) in [6, 6.07) is 2.02. The second-order valence-electron chi connectivity index (χ2n) is 4.55. The number of rotatable bonds is 6. The lowest BCUT2D eigenvalue weighted by Crippen LogP contribution is -2.40. The summed E-state index contributed by atoms with van der Waals surface area (Å²) >= 11 is 22.9. The van der Waals surface area contributed by atoms with E-state index in [-0.39, 0.29) is 23.1 Å². The molecule has 1 unspecified atom stereocenters. The highest BCUT2D eigenvalue weighted by Gasteiger charge is 2.33. The number of hydrogen-bond donors (Lipinski definition) is 3. The SMILES string of the molecule is CC(C)(C#N)Nc1nc(Cl)nc(NC(O)C(Cl)(Cl)CCl)n1. The van der Waals surface area contributed by atoms with Gasteiger partial charge in [0.05, 0.1) is 11.9 Å². The molecule has 3 N–H and O–H groups in total. The minimum Gasteiger partial charge on any atom is -0.370 e. The van der Waals surface area contributed by atoms with E-state index in [2.05, 4.69) is 25.6 Å².